The fourth-order valence-corrected chi connectivity index (χ4v) is 9.52. The first-order valence-corrected chi connectivity index (χ1v) is 13.4. The molecular formula is C28H38O9. The van der Waals surface area contributed by atoms with Crippen LogP contribution in [0.4, 0.5) is 0 Å². The maximum atomic E-state index is 13.3. The van der Waals surface area contributed by atoms with Crippen molar-refractivity contribution in [2.24, 2.45) is 22.7 Å². The number of ether oxygens (including phenoxy) is 2. The molecule has 37 heavy (non-hydrogen) atoms. The van der Waals surface area contributed by atoms with Crippen LogP contribution < -0.4 is 0 Å². The highest BCUT2D eigenvalue weighted by atomic mass is 16.6. The van der Waals surface area contributed by atoms with Crippen molar-refractivity contribution in [3.8, 4) is 0 Å². The summed E-state index contributed by atoms with van der Waals surface area (Å²) in [7, 11) is 0. The molecule has 4 fully saturated rings. The molecule has 1 saturated heterocycles. The first-order chi connectivity index (χ1) is 17.2. The molecule has 1 spiro atoms. The van der Waals surface area contributed by atoms with Gasteiger partial charge in [0.2, 0.25) is 0 Å². The van der Waals surface area contributed by atoms with Gasteiger partial charge in [-0.25, -0.2) is 4.79 Å². The minimum Gasteiger partial charge on any atom is -0.455 e. The second-order valence-electron chi connectivity index (χ2n) is 13.0. The van der Waals surface area contributed by atoms with Gasteiger partial charge in [0.25, 0.3) is 0 Å². The summed E-state index contributed by atoms with van der Waals surface area (Å²) in [6, 6.07) is 0. The smallest absolute Gasteiger partial charge is 0.334 e. The van der Waals surface area contributed by atoms with Gasteiger partial charge in [0, 0.05) is 17.4 Å². The third kappa shape index (κ3) is 2.62. The monoisotopic (exact) mass is 518 g/mol. The van der Waals surface area contributed by atoms with E-state index in [1.165, 1.54) is 19.1 Å². The molecule has 0 amide bonds. The van der Waals surface area contributed by atoms with Crippen molar-refractivity contribution in [2.75, 3.05) is 6.61 Å². The molecule has 5 N–H and O–H groups in total. The Kier molecular flexibility index (Phi) is 5.07. The SMILES string of the molecule is CC1=C(CO)CC(C(C)(O)C2(O)CCC3(O)C4CC5OC56C(O)C=CC(=O)C6(C)C4CCC32C)OC1=O. The maximum absolute atomic E-state index is 13.3. The van der Waals surface area contributed by atoms with Crippen molar-refractivity contribution in [2.45, 2.75) is 107 Å². The molecule has 204 valence electrons. The lowest BCUT2D eigenvalue weighted by Crippen LogP contribution is -2.73. The van der Waals surface area contributed by atoms with Crippen molar-refractivity contribution < 1.29 is 44.6 Å². The lowest BCUT2D eigenvalue weighted by atomic mass is 9.42. The van der Waals surface area contributed by atoms with Gasteiger partial charge in [-0.05, 0) is 82.4 Å². The number of rotatable bonds is 3. The lowest BCUT2D eigenvalue weighted by Gasteiger charge is -2.63. The molecule has 2 heterocycles. The molecule has 6 rings (SSSR count). The highest BCUT2D eigenvalue weighted by molar-refractivity contribution is 5.98. The van der Waals surface area contributed by atoms with Gasteiger partial charge in [0.1, 0.15) is 29.0 Å². The summed E-state index contributed by atoms with van der Waals surface area (Å²) >= 11 is 0. The lowest BCUT2D eigenvalue weighted by molar-refractivity contribution is -0.283. The number of aliphatic hydroxyl groups excluding tert-OH is 2. The van der Waals surface area contributed by atoms with E-state index in [4.69, 9.17) is 9.47 Å². The van der Waals surface area contributed by atoms with Crippen molar-refractivity contribution in [3.63, 3.8) is 0 Å². The van der Waals surface area contributed by atoms with E-state index in [0.29, 0.717) is 30.4 Å². The number of allylic oxidation sites excluding steroid dienone is 1. The van der Waals surface area contributed by atoms with Crippen molar-refractivity contribution >= 4 is 11.8 Å². The van der Waals surface area contributed by atoms with Crippen LogP contribution in [-0.2, 0) is 19.1 Å². The molecular weight excluding hydrogens is 480 g/mol. The molecule has 9 heteroatoms. The van der Waals surface area contributed by atoms with E-state index in [0.717, 1.165) is 0 Å². The second-order valence-corrected chi connectivity index (χ2v) is 13.0. The topological polar surface area (TPSA) is 157 Å². The number of fused-ring (bicyclic) bond motifs is 4. The molecule has 6 aliphatic rings. The van der Waals surface area contributed by atoms with Crippen LogP contribution in [0.5, 0.6) is 0 Å². The molecule has 0 aromatic carbocycles. The van der Waals surface area contributed by atoms with Gasteiger partial charge in [0.05, 0.1) is 23.7 Å². The Morgan fingerprint density at radius 2 is 1.84 bits per heavy atom. The van der Waals surface area contributed by atoms with E-state index in [1.54, 1.807) is 13.8 Å². The van der Waals surface area contributed by atoms with Crippen molar-refractivity contribution in [1.29, 1.82) is 0 Å². The van der Waals surface area contributed by atoms with Crippen LogP contribution in [0.3, 0.4) is 0 Å². The number of cyclic esters (lactones) is 1. The van der Waals surface area contributed by atoms with Crippen LogP contribution in [0.25, 0.3) is 0 Å². The second kappa shape index (κ2) is 7.31. The van der Waals surface area contributed by atoms with Gasteiger partial charge in [-0.2, -0.15) is 0 Å². The Bertz CT molecular complexity index is 1140. The van der Waals surface area contributed by atoms with Crippen LogP contribution in [0.2, 0.25) is 0 Å². The average Bonchev–Trinajstić information content (AvgIpc) is 3.55. The average molecular weight is 519 g/mol. The normalized spacial score (nSPS) is 54.0. The van der Waals surface area contributed by atoms with Gasteiger partial charge in [-0.3, -0.25) is 4.79 Å². The van der Waals surface area contributed by atoms with E-state index in [2.05, 4.69) is 0 Å². The van der Waals surface area contributed by atoms with Crippen LogP contribution in [0, 0.1) is 22.7 Å². The highest BCUT2D eigenvalue weighted by Crippen LogP contribution is 2.75. The largest absolute Gasteiger partial charge is 0.455 e. The number of carbonyl (C=O) groups excluding carboxylic acids is 2. The summed E-state index contributed by atoms with van der Waals surface area (Å²) in [6.07, 6.45) is 2.15. The fourth-order valence-electron chi connectivity index (χ4n) is 9.52. The summed E-state index contributed by atoms with van der Waals surface area (Å²) < 4.78 is 11.7. The predicted octanol–water partition coefficient (Wildman–Crippen LogP) is 0.698. The third-order valence-corrected chi connectivity index (χ3v) is 12.1. The highest BCUT2D eigenvalue weighted by Gasteiger charge is 2.84. The zero-order valence-electron chi connectivity index (χ0n) is 21.9. The van der Waals surface area contributed by atoms with Crippen molar-refractivity contribution in [1.82, 2.24) is 0 Å². The Morgan fingerprint density at radius 1 is 1.14 bits per heavy atom. The van der Waals surface area contributed by atoms with Gasteiger partial charge in [-0.15, -0.1) is 0 Å². The predicted molar refractivity (Wildman–Crippen MR) is 129 cm³/mol. The molecule has 3 saturated carbocycles. The van der Waals surface area contributed by atoms with E-state index >= 15 is 0 Å². The minimum absolute atomic E-state index is 0.0747. The van der Waals surface area contributed by atoms with E-state index in [1.807, 2.05) is 6.92 Å². The summed E-state index contributed by atoms with van der Waals surface area (Å²) in [5.41, 5.74) is -7.57. The zero-order valence-corrected chi connectivity index (χ0v) is 21.9. The standard InChI is InChI=1S/C28H38O9/c1-14-15(13-29)11-20(36-22(14)32)25(4,33)27(35)10-9-26(34)17-12-21-28(37-21)19(31)6-5-18(30)24(28,3)16(17)7-8-23(26,27)2/h5-6,16-17,19-21,29,31,33-35H,7-13H2,1-4H3. The molecule has 0 bridgehead atoms. The minimum atomic E-state index is -1.92. The number of aliphatic hydroxyl groups is 5. The number of esters is 1. The number of epoxide rings is 1. The fraction of sp³-hybridized carbons (Fsp3) is 0.786. The van der Waals surface area contributed by atoms with Crippen LogP contribution in [0.1, 0.15) is 66.2 Å². The Labute approximate surface area is 216 Å². The number of ketones is 1. The van der Waals surface area contributed by atoms with Crippen LogP contribution in [0.15, 0.2) is 23.3 Å². The van der Waals surface area contributed by atoms with Crippen molar-refractivity contribution in [3.05, 3.63) is 23.3 Å². The maximum Gasteiger partial charge on any atom is 0.334 e. The Hall–Kier alpha value is -1.62. The molecule has 11 unspecified atom stereocenters. The summed E-state index contributed by atoms with van der Waals surface area (Å²) in [5.74, 6) is -1.43. The molecule has 0 aromatic heterocycles. The van der Waals surface area contributed by atoms with Gasteiger partial charge in [0.15, 0.2) is 5.78 Å². The van der Waals surface area contributed by atoms with Crippen LogP contribution >= 0.6 is 0 Å². The Balaban J connectivity index is 1.38. The summed E-state index contributed by atoms with van der Waals surface area (Å²) in [4.78, 5) is 25.9. The number of hydrogen-bond donors (Lipinski definition) is 5. The van der Waals surface area contributed by atoms with Gasteiger partial charge in [-0.1, -0.05) is 6.92 Å². The first-order valence-electron chi connectivity index (χ1n) is 13.4. The Morgan fingerprint density at radius 3 is 2.51 bits per heavy atom. The third-order valence-electron chi connectivity index (χ3n) is 12.1. The van der Waals surface area contributed by atoms with Crippen LogP contribution in [-0.4, -0.2) is 84.6 Å². The quantitative estimate of drug-likeness (QED) is 0.268. The van der Waals surface area contributed by atoms with E-state index in [-0.39, 0.29) is 43.7 Å². The first kappa shape index (κ1) is 25.6. The molecule has 0 radical (unpaired) electrons. The van der Waals surface area contributed by atoms with E-state index in [9.17, 15) is 35.1 Å². The van der Waals surface area contributed by atoms with Gasteiger partial charge >= 0.3 is 5.97 Å². The summed E-state index contributed by atoms with van der Waals surface area (Å²) in [5, 5.41) is 57.4. The zero-order chi connectivity index (χ0) is 27.0. The van der Waals surface area contributed by atoms with Gasteiger partial charge < -0.3 is 35.0 Å². The molecule has 0 aromatic rings. The number of carbonyl (C=O) groups is 2. The molecule has 4 aliphatic carbocycles. The number of hydrogen-bond acceptors (Lipinski definition) is 9. The molecule has 11 atom stereocenters. The summed E-state index contributed by atoms with van der Waals surface area (Å²) in [6.45, 7) is 6.29. The van der Waals surface area contributed by atoms with E-state index < -0.39 is 57.3 Å². The molecule has 2 aliphatic heterocycles. The molecule has 9 nitrogen and oxygen atoms in total.